The molecule has 156 valence electrons. The summed E-state index contributed by atoms with van der Waals surface area (Å²) in [5.74, 6) is 5.78. The summed E-state index contributed by atoms with van der Waals surface area (Å²) in [5, 5.41) is 27.7. The molecular weight excluding hydrogens is 364 g/mol. The third-order valence-electron chi connectivity index (χ3n) is 4.85. The molecule has 0 amide bonds. The van der Waals surface area contributed by atoms with Gasteiger partial charge >= 0.3 is 5.69 Å². The Balaban J connectivity index is 1.87. The number of hydrogen-bond acceptors (Lipinski definition) is 6. The molecule has 2 rings (SSSR count). The van der Waals surface area contributed by atoms with E-state index in [1.807, 2.05) is 0 Å². The summed E-state index contributed by atoms with van der Waals surface area (Å²) in [4.78, 5) is 26.2. The van der Waals surface area contributed by atoms with E-state index in [1.54, 1.807) is 0 Å². The van der Waals surface area contributed by atoms with Crippen molar-refractivity contribution in [3.05, 3.63) is 32.6 Å². The second-order valence-corrected chi connectivity index (χ2v) is 7.07. The standard InChI is InChI=1S/C20H30N2O6/c23-11-9-7-5-3-1-2-4-6-8-10-15-13-22(20(27)21-19(15)26)18-12-16(25)17(14-24)28-18/h13,16-18,23-25H,1-7,9,11-12,14H2,(H,21,26,27)/t16?,17-,18-/m0/s1. The third-order valence-corrected chi connectivity index (χ3v) is 4.85. The summed E-state index contributed by atoms with van der Waals surface area (Å²) in [7, 11) is 0. The molecule has 4 N–H and O–H groups in total. The van der Waals surface area contributed by atoms with Gasteiger partial charge in [-0.25, -0.2) is 4.79 Å². The highest BCUT2D eigenvalue weighted by Gasteiger charge is 2.35. The van der Waals surface area contributed by atoms with E-state index in [0.29, 0.717) is 6.42 Å². The molecule has 2 heterocycles. The zero-order valence-corrected chi connectivity index (χ0v) is 16.1. The fourth-order valence-electron chi connectivity index (χ4n) is 3.21. The highest BCUT2D eigenvalue weighted by atomic mass is 16.5. The van der Waals surface area contributed by atoms with E-state index in [-0.39, 0.29) is 25.2 Å². The Kier molecular flexibility index (Phi) is 9.44. The lowest BCUT2D eigenvalue weighted by atomic mass is 10.1. The molecular formula is C20H30N2O6. The van der Waals surface area contributed by atoms with Crippen LogP contribution >= 0.6 is 0 Å². The minimum absolute atomic E-state index is 0.155. The molecule has 0 bridgehead atoms. The van der Waals surface area contributed by atoms with Gasteiger partial charge in [-0.05, 0) is 12.8 Å². The number of aromatic amines is 1. The van der Waals surface area contributed by atoms with Crippen molar-refractivity contribution in [3.8, 4) is 11.8 Å². The van der Waals surface area contributed by atoms with Gasteiger partial charge in [-0.2, -0.15) is 0 Å². The SMILES string of the molecule is O=c1[nH]c(=O)n([C@@H]2CC(O)[C@H](CO)O2)cc1C#CCCCCCCCCCO. The molecule has 8 heteroatoms. The first-order valence-corrected chi connectivity index (χ1v) is 9.96. The number of ether oxygens (including phenoxy) is 1. The molecule has 1 saturated heterocycles. The Hall–Kier alpha value is -1.92. The molecule has 0 radical (unpaired) electrons. The summed E-state index contributed by atoms with van der Waals surface area (Å²) in [5.41, 5.74) is -1.00. The summed E-state index contributed by atoms with van der Waals surface area (Å²) in [6.07, 6.45) is 7.18. The predicted molar refractivity (Wildman–Crippen MR) is 104 cm³/mol. The highest BCUT2D eigenvalue weighted by molar-refractivity contribution is 5.29. The number of hydrogen-bond donors (Lipinski definition) is 4. The molecule has 1 aliphatic heterocycles. The van der Waals surface area contributed by atoms with Gasteiger partial charge in [0.1, 0.15) is 17.9 Å². The van der Waals surface area contributed by atoms with E-state index in [2.05, 4.69) is 16.8 Å². The van der Waals surface area contributed by atoms with Crippen molar-refractivity contribution >= 4 is 0 Å². The van der Waals surface area contributed by atoms with Crippen molar-refractivity contribution in [2.45, 2.75) is 76.2 Å². The molecule has 1 aromatic rings. The number of unbranched alkanes of at least 4 members (excludes halogenated alkanes) is 7. The Morgan fingerprint density at radius 2 is 1.79 bits per heavy atom. The van der Waals surface area contributed by atoms with Crippen LogP contribution in [0.3, 0.4) is 0 Å². The van der Waals surface area contributed by atoms with Crippen LogP contribution in [0.5, 0.6) is 0 Å². The summed E-state index contributed by atoms with van der Waals surface area (Å²) in [6.45, 7) is -0.0820. The Labute approximate surface area is 164 Å². The van der Waals surface area contributed by atoms with Crippen molar-refractivity contribution in [2.75, 3.05) is 13.2 Å². The Morgan fingerprint density at radius 1 is 1.11 bits per heavy atom. The number of nitrogens with zero attached hydrogens (tertiary/aromatic N) is 1. The van der Waals surface area contributed by atoms with E-state index in [0.717, 1.165) is 44.9 Å². The number of rotatable bonds is 10. The zero-order valence-electron chi connectivity index (χ0n) is 16.1. The number of aliphatic hydroxyl groups excluding tert-OH is 3. The lowest BCUT2D eigenvalue weighted by Gasteiger charge is -2.14. The summed E-state index contributed by atoms with van der Waals surface area (Å²) >= 11 is 0. The smallest absolute Gasteiger partial charge is 0.330 e. The van der Waals surface area contributed by atoms with Crippen LogP contribution in [0.25, 0.3) is 0 Å². The second-order valence-electron chi connectivity index (χ2n) is 7.07. The average Bonchev–Trinajstić information content (AvgIpc) is 3.05. The fraction of sp³-hybridized carbons (Fsp3) is 0.700. The van der Waals surface area contributed by atoms with Crippen molar-refractivity contribution < 1.29 is 20.1 Å². The third kappa shape index (κ3) is 6.60. The lowest BCUT2D eigenvalue weighted by Crippen LogP contribution is -2.33. The van der Waals surface area contributed by atoms with Gasteiger partial charge in [0.15, 0.2) is 0 Å². The number of aromatic nitrogens is 2. The normalized spacial score (nSPS) is 21.5. The van der Waals surface area contributed by atoms with Gasteiger partial charge in [-0.1, -0.05) is 43.9 Å². The Bertz CT molecular complexity index is 775. The molecule has 1 unspecified atom stereocenters. The molecule has 0 aliphatic carbocycles. The van der Waals surface area contributed by atoms with E-state index < -0.39 is 29.7 Å². The van der Waals surface area contributed by atoms with Gasteiger partial charge in [0, 0.05) is 25.6 Å². The maximum atomic E-state index is 12.0. The second kappa shape index (κ2) is 11.8. The number of nitrogens with one attached hydrogen (secondary N) is 1. The van der Waals surface area contributed by atoms with Crippen LogP contribution in [0.1, 0.15) is 69.6 Å². The van der Waals surface area contributed by atoms with Crippen molar-refractivity contribution in [1.29, 1.82) is 0 Å². The molecule has 0 saturated carbocycles. The topological polar surface area (TPSA) is 125 Å². The maximum Gasteiger partial charge on any atom is 0.330 e. The molecule has 3 atom stereocenters. The minimum atomic E-state index is -0.869. The van der Waals surface area contributed by atoms with Crippen LogP contribution in [0.15, 0.2) is 15.8 Å². The summed E-state index contributed by atoms with van der Waals surface area (Å²) in [6, 6.07) is 0. The van der Waals surface area contributed by atoms with Gasteiger partial charge in [-0.15, -0.1) is 0 Å². The van der Waals surface area contributed by atoms with Crippen LogP contribution in [0.2, 0.25) is 0 Å². The summed E-state index contributed by atoms with van der Waals surface area (Å²) < 4.78 is 6.67. The van der Waals surface area contributed by atoms with E-state index >= 15 is 0 Å². The van der Waals surface area contributed by atoms with Gasteiger partial charge < -0.3 is 20.1 Å². The number of H-pyrrole nitrogens is 1. The molecule has 0 spiro atoms. The largest absolute Gasteiger partial charge is 0.396 e. The first-order valence-electron chi connectivity index (χ1n) is 9.96. The van der Waals surface area contributed by atoms with Crippen molar-refractivity contribution in [2.24, 2.45) is 0 Å². The van der Waals surface area contributed by atoms with Crippen LogP contribution in [-0.2, 0) is 4.74 Å². The van der Waals surface area contributed by atoms with Gasteiger partial charge in [0.05, 0.1) is 12.7 Å². The average molecular weight is 394 g/mol. The lowest BCUT2D eigenvalue weighted by molar-refractivity contribution is -0.0459. The van der Waals surface area contributed by atoms with Crippen LogP contribution in [0.4, 0.5) is 0 Å². The first kappa shape index (κ1) is 22.4. The Morgan fingerprint density at radius 3 is 2.43 bits per heavy atom. The molecule has 28 heavy (non-hydrogen) atoms. The quantitative estimate of drug-likeness (QED) is 0.341. The van der Waals surface area contributed by atoms with Gasteiger partial charge in [0.25, 0.3) is 5.56 Å². The van der Waals surface area contributed by atoms with Gasteiger partial charge in [0.2, 0.25) is 0 Å². The van der Waals surface area contributed by atoms with Crippen LogP contribution < -0.4 is 11.2 Å². The number of aliphatic hydroxyl groups is 3. The van der Waals surface area contributed by atoms with E-state index in [1.165, 1.54) is 10.8 Å². The van der Waals surface area contributed by atoms with E-state index in [4.69, 9.17) is 14.9 Å². The molecule has 0 aromatic carbocycles. The van der Waals surface area contributed by atoms with E-state index in [9.17, 15) is 14.7 Å². The predicted octanol–water partition coefficient (Wildman–Crippen LogP) is 0.642. The fourth-order valence-corrected chi connectivity index (χ4v) is 3.21. The zero-order chi connectivity index (χ0) is 20.4. The minimum Gasteiger partial charge on any atom is -0.396 e. The molecule has 8 nitrogen and oxygen atoms in total. The van der Waals surface area contributed by atoms with Crippen molar-refractivity contribution in [3.63, 3.8) is 0 Å². The van der Waals surface area contributed by atoms with Crippen molar-refractivity contribution in [1.82, 2.24) is 9.55 Å². The monoisotopic (exact) mass is 394 g/mol. The molecule has 1 aromatic heterocycles. The highest BCUT2D eigenvalue weighted by Crippen LogP contribution is 2.27. The molecule has 1 aliphatic rings. The van der Waals surface area contributed by atoms with Crippen LogP contribution in [0, 0.1) is 11.8 Å². The van der Waals surface area contributed by atoms with Crippen LogP contribution in [-0.4, -0.2) is 50.3 Å². The van der Waals surface area contributed by atoms with Gasteiger partial charge in [-0.3, -0.25) is 14.3 Å². The molecule has 1 fully saturated rings. The first-order chi connectivity index (χ1) is 13.6. The maximum absolute atomic E-state index is 12.0.